The van der Waals surface area contributed by atoms with Crippen LogP contribution < -0.4 is 19.9 Å². The second kappa shape index (κ2) is 22.8. The number of nitrogens with zero attached hydrogens (tertiary/aromatic N) is 9. The number of carbonyl (C=O) groups is 2. The number of amides is 2. The Morgan fingerprint density at radius 1 is 0.925 bits per heavy atom. The molecule has 6 aromatic rings. The molecule has 2 amide bonds. The molecular weight excluding hydrogens is 1030 g/mol. The summed E-state index contributed by atoms with van der Waals surface area (Å²) >= 11 is 0. The van der Waals surface area contributed by atoms with Crippen molar-refractivity contribution in [3.63, 3.8) is 0 Å². The van der Waals surface area contributed by atoms with E-state index in [9.17, 15) is 22.8 Å². The molecular formula is C61H70F4N10O5. The lowest BCUT2D eigenvalue weighted by Gasteiger charge is -2.34. The van der Waals surface area contributed by atoms with Gasteiger partial charge < -0.3 is 34.2 Å². The molecule has 0 spiro atoms. The van der Waals surface area contributed by atoms with Crippen molar-refractivity contribution in [1.82, 2.24) is 39.8 Å². The monoisotopic (exact) mass is 1100 g/mol. The second-order valence-electron chi connectivity index (χ2n) is 22.7. The molecule has 2 unspecified atom stereocenters. The van der Waals surface area contributed by atoms with E-state index in [0.717, 1.165) is 124 Å². The summed E-state index contributed by atoms with van der Waals surface area (Å²) < 4.78 is 77.9. The van der Waals surface area contributed by atoms with Crippen molar-refractivity contribution in [2.24, 2.45) is 13.0 Å². The number of nitrogens with one attached hydrogen (secondary N) is 1. The van der Waals surface area contributed by atoms with Gasteiger partial charge in [-0.05, 0) is 126 Å². The minimum atomic E-state index is -2.65. The number of aryl methyl sites for hydroxylation is 2. The van der Waals surface area contributed by atoms with Crippen LogP contribution in [0.1, 0.15) is 107 Å². The van der Waals surface area contributed by atoms with Gasteiger partial charge in [0, 0.05) is 74.0 Å². The van der Waals surface area contributed by atoms with Crippen LogP contribution in [0.2, 0.25) is 0 Å². The summed E-state index contributed by atoms with van der Waals surface area (Å²) in [7, 11) is 3.25. The highest BCUT2D eigenvalue weighted by atomic mass is 19.3. The number of rotatable bonds is 6. The third-order valence-corrected chi connectivity index (χ3v) is 17.4. The second-order valence-corrected chi connectivity index (χ2v) is 22.7. The van der Waals surface area contributed by atoms with Crippen LogP contribution >= 0.6 is 0 Å². The van der Waals surface area contributed by atoms with Gasteiger partial charge in [0.25, 0.3) is 5.92 Å². The molecule has 7 aliphatic heterocycles. The van der Waals surface area contributed by atoms with E-state index < -0.39 is 17.6 Å². The van der Waals surface area contributed by atoms with Crippen molar-refractivity contribution in [2.75, 3.05) is 82.5 Å². The van der Waals surface area contributed by atoms with Gasteiger partial charge in [0.2, 0.25) is 5.91 Å². The van der Waals surface area contributed by atoms with E-state index in [2.05, 4.69) is 44.4 Å². The standard InChI is InChI=1S/C34H33F2N5O2.C19H22F2N4O.C8H15NO2/c1-2-23-25(35)11-9-21-7-3-8-24(27(21)23)30-29(36)31-28-26(37-30)12-10-22-19-42-18-6-17-41(22)32(28)39-33(38-31)43-20-34-13-4-15-40(34)16-5-14-34;1-12-4-6-15(18(26)22-12)17-14-7-5-13(10-16(14)24(2)23-17)25-9-3-8-19(20,21)11-25;1-7-3-5-9(6-4-7)8(10)11-2/h1,3,7-9,11,22H,4-6,10,12-20H2;5,7,10,15H,1,3-4,6,8-9,11H2,2H3,(H,22,26);7H,3-6H2,1-2H3. The minimum absolute atomic E-state index is 0.00280. The molecule has 10 heterocycles. The van der Waals surface area contributed by atoms with Crippen molar-refractivity contribution in [1.29, 1.82) is 0 Å². The largest absolute Gasteiger partial charge is 0.461 e. The number of fused-ring (bicyclic) bond motifs is 5. The van der Waals surface area contributed by atoms with Crippen LogP contribution in [0.15, 0.2) is 60.8 Å². The van der Waals surface area contributed by atoms with Crippen molar-refractivity contribution >= 4 is 56.1 Å². The summed E-state index contributed by atoms with van der Waals surface area (Å²) in [6.45, 7) is 12.7. The maximum Gasteiger partial charge on any atom is 0.409 e. The topological polar surface area (TPSA) is 143 Å². The SMILES string of the molecule is C#Cc1c(F)ccc2cccc(-c3nc4c5c(nc(OCC67CCCN6CCC7)nc5c3F)N3CCCOCC3CC4)c12.C=C1CCC(c2nn(C)c3cc(N4CCCC(F)(F)C4)ccc23)C(=O)N1.COC(=O)N1CCC(C)CC1. The van der Waals surface area contributed by atoms with Gasteiger partial charge in [-0.1, -0.05) is 43.7 Å². The number of alkyl halides is 2. The Labute approximate surface area is 464 Å². The molecule has 3 aromatic carbocycles. The Morgan fingerprint density at radius 2 is 1.71 bits per heavy atom. The highest BCUT2D eigenvalue weighted by molar-refractivity contribution is 6.03. The summed E-state index contributed by atoms with van der Waals surface area (Å²) in [6, 6.07) is 14.3. The Kier molecular flexibility index (Phi) is 15.7. The first kappa shape index (κ1) is 54.9. The van der Waals surface area contributed by atoms with Crippen molar-refractivity contribution in [3.05, 3.63) is 89.4 Å². The number of halogens is 4. The van der Waals surface area contributed by atoms with Gasteiger partial charge in [0.1, 0.15) is 29.5 Å². The number of anilines is 2. The van der Waals surface area contributed by atoms with Gasteiger partial charge in [-0.2, -0.15) is 15.1 Å². The fourth-order valence-electron chi connectivity index (χ4n) is 13.1. The summed E-state index contributed by atoms with van der Waals surface area (Å²) in [5, 5.41) is 10.1. The molecule has 19 heteroatoms. The molecule has 3 aromatic heterocycles. The number of methoxy groups -OCH3 is 1. The zero-order valence-electron chi connectivity index (χ0n) is 46.0. The number of allylic oxidation sites excluding steroid dienone is 1. The lowest BCUT2D eigenvalue weighted by molar-refractivity contribution is -0.122. The van der Waals surface area contributed by atoms with Gasteiger partial charge in [0.15, 0.2) is 5.82 Å². The molecule has 7 aliphatic rings. The fourth-order valence-corrected chi connectivity index (χ4v) is 13.1. The number of ether oxygens (including phenoxy) is 3. The van der Waals surface area contributed by atoms with Crippen LogP contribution in [-0.4, -0.2) is 137 Å². The first-order chi connectivity index (χ1) is 38.6. The molecule has 0 aliphatic carbocycles. The molecule has 6 fully saturated rings. The summed E-state index contributed by atoms with van der Waals surface area (Å²) in [5.41, 5.74) is 4.63. The molecule has 13 rings (SSSR count). The zero-order chi connectivity index (χ0) is 55.9. The molecule has 80 heavy (non-hydrogen) atoms. The number of hydrogen-bond acceptors (Lipinski definition) is 12. The molecule has 0 bridgehead atoms. The Hall–Kier alpha value is -7.04. The molecule has 422 valence electrons. The molecule has 6 saturated heterocycles. The normalized spacial score (nSPS) is 21.8. The number of carbonyl (C=O) groups excluding carboxylic acids is 2. The maximum atomic E-state index is 16.9. The maximum absolute atomic E-state index is 16.9. The first-order valence-corrected chi connectivity index (χ1v) is 28.4. The number of likely N-dealkylation sites (tertiary alicyclic amines) is 1. The van der Waals surface area contributed by atoms with Crippen LogP contribution in [0.3, 0.4) is 0 Å². The minimum Gasteiger partial charge on any atom is -0.461 e. The summed E-state index contributed by atoms with van der Waals surface area (Å²) in [5.74, 6) is -0.257. The van der Waals surface area contributed by atoms with Gasteiger partial charge in [-0.3, -0.25) is 14.4 Å². The van der Waals surface area contributed by atoms with Gasteiger partial charge in [-0.15, -0.1) is 6.42 Å². The number of piperidine rings is 3. The smallest absolute Gasteiger partial charge is 0.409 e. The van der Waals surface area contributed by atoms with Crippen LogP contribution in [0.25, 0.3) is 43.8 Å². The average Bonchev–Trinajstić information content (AvgIpc) is 3.90. The quantitative estimate of drug-likeness (QED) is 0.125. The van der Waals surface area contributed by atoms with E-state index in [1.165, 1.54) is 13.2 Å². The molecule has 15 nitrogen and oxygen atoms in total. The predicted molar refractivity (Wildman–Crippen MR) is 300 cm³/mol. The van der Waals surface area contributed by atoms with Crippen molar-refractivity contribution in [3.8, 4) is 29.6 Å². The van der Waals surface area contributed by atoms with Gasteiger partial charge in [-0.25, -0.2) is 27.3 Å². The van der Waals surface area contributed by atoms with Crippen LogP contribution in [0, 0.1) is 29.9 Å². The summed E-state index contributed by atoms with van der Waals surface area (Å²) in [6.07, 6.45) is 16.3. The van der Waals surface area contributed by atoms with Crippen LogP contribution in [0.4, 0.5) is 33.9 Å². The van der Waals surface area contributed by atoms with Crippen LogP contribution in [-0.2, 0) is 27.7 Å². The zero-order valence-corrected chi connectivity index (χ0v) is 46.0. The van der Waals surface area contributed by atoms with Gasteiger partial charge >= 0.3 is 12.1 Å². The van der Waals surface area contributed by atoms with E-state index in [-0.39, 0.29) is 65.2 Å². The number of terminal acetylenes is 1. The highest BCUT2D eigenvalue weighted by Crippen LogP contribution is 2.43. The lowest BCUT2D eigenvalue weighted by atomic mass is 9.92. The molecule has 2 atom stereocenters. The highest BCUT2D eigenvalue weighted by Gasteiger charge is 2.45. The van der Waals surface area contributed by atoms with E-state index in [1.807, 2.05) is 37.4 Å². The lowest BCUT2D eigenvalue weighted by Crippen LogP contribution is -2.43. The average molecular weight is 1100 g/mol. The molecule has 1 N–H and O–H groups in total. The Bertz CT molecular complexity index is 3380. The predicted octanol–water partition coefficient (Wildman–Crippen LogP) is 10.5. The number of pyridine rings is 1. The van der Waals surface area contributed by atoms with Gasteiger partial charge in [0.05, 0.1) is 65.6 Å². The van der Waals surface area contributed by atoms with E-state index >= 15 is 4.39 Å². The van der Waals surface area contributed by atoms with E-state index in [1.54, 1.807) is 26.6 Å². The fraction of sp³-hybridized carbons (Fsp3) is 0.508. The molecule has 0 saturated carbocycles. The van der Waals surface area contributed by atoms with Crippen molar-refractivity contribution in [2.45, 2.75) is 114 Å². The van der Waals surface area contributed by atoms with Crippen LogP contribution in [0.5, 0.6) is 6.01 Å². The summed E-state index contributed by atoms with van der Waals surface area (Å²) in [4.78, 5) is 46.2. The number of hydrogen-bond donors (Lipinski definition) is 1. The van der Waals surface area contributed by atoms with E-state index in [4.69, 9.17) is 30.8 Å². The first-order valence-electron chi connectivity index (χ1n) is 28.4. The third kappa shape index (κ3) is 10.8. The number of benzene rings is 3. The molecule has 0 radical (unpaired) electrons. The number of aromatic nitrogens is 5. The van der Waals surface area contributed by atoms with Crippen molar-refractivity contribution < 1.29 is 41.4 Å². The Morgan fingerprint density at radius 3 is 2.46 bits per heavy atom. The Balaban J connectivity index is 0.000000154. The van der Waals surface area contributed by atoms with E-state index in [0.29, 0.717) is 78.9 Å². The third-order valence-electron chi connectivity index (χ3n) is 17.4.